The fourth-order valence-corrected chi connectivity index (χ4v) is 3.24. The van der Waals surface area contributed by atoms with Crippen LogP contribution >= 0.6 is 0 Å². The van der Waals surface area contributed by atoms with E-state index in [4.69, 9.17) is 9.47 Å². The highest BCUT2D eigenvalue weighted by atomic mass is 16.6. The Morgan fingerprint density at radius 1 is 1.11 bits per heavy atom. The molecule has 2 aliphatic heterocycles. The van der Waals surface area contributed by atoms with Crippen LogP contribution in [0.1, 0.15) is 53.4 Å². The van der Waals surface area contributed by atoms with Gasteiger partial charge in [0.15, 0.2) is 0 Å². The van der Waals surface area contributed by atoms with Gasteiger partial charge >= 0.3 is 6.09 Å². The van der Waals surface area contributed by atoms with Crippen molar-refractivity contribution in [2.75, 3.05) is 45.9 Å². The summed E-state index contributed by atoms with van der Waals surface area (Å²) in [7, 11) is 0. The van der Waals surface area contributed by atoms with Crippen LogP contribution in [0.3, 0.4) is 0 Å². The van der Waals surface area contributed by atoms with Crippen molar-refractivity contribution in [3.8, 4) is 0 Å². The monoisotopic (exact) mass is 383 g/mol. The zero-order chi connectivity index (χ0) is 19.9. The number of hydrogen-bond donors (Lipinski definition) is 1. The predicted molar refractivity (Wildman–Crippen MR) is 105 cm³/mol. The lowest BCUT2D eigenvalue weighted by Gasteiger charge is -2.39. The van der Waals surface area contributed by atoms with Crippen LogP contribution in [-0.4, -0.2) is 79.4 Å². The van der Waals surface area contributed by atoms with E-state index in [2.05, 4.69) is 17.1 Å². The third-order valence-electron chi connectivity index (χ3n) is 5.05. The van der Waals surface area contributed by atoms with Gasteiger partial charge in [0.2, 0.25) is 5.91 Å². The minimum atomic E-state index is -0.491. The summed E-state index contributed by atoms with van der Waals surface area (Å²) < 4.78 is 10.8. The lowest BCUT2D eigenvalue weighted by atomic mass is 9.99. The number of hydrogen-bond acceptors (Lipinski definition) is 5. The van der Waals surface area contributed by atoms with Crippen LogP contribution in [0.25, 0.3) is 0 Å². The number of rotatable bonds is 8. The van der Waals surface area contributed by atoms with Crippen LogP contribution in [-0.2, 0) is 14.3 Å². The van der Waals surface area contributed by atoms with Gasteiger partial charge in [0.05, 0.1) is 19.2 Å². The molecule has 0 spiro atoms. The van der Waals surface area contributed by atoms with Gasteiger partial charge in [-0.2, -0.15) is 0 Å². The van der Waals surface area contributed by atoms with E-state index < -0.39 is 5.60 Å². The third kappa shape index (κ3) is 8.47. The standard InChI is InChI=1S/C20H37N3O4/c1-16-7-11-22(12-8-16)10-6-5-9-21-18(24)15-26-17-13-23(14-17)19(25)27-20(2,3)4/h16-17H,5-15H2,1-4H3,(H,21,24). The molecular formula is C20H37N3O4. The second-order valence-corrected chi connectivity index (χ2v) is 8.90. The SMILES string of the molecule is CC1CCN(CCCCNC(=O)COC2CN(C(=O)OC(C)(C)C)C2)CC1. The Kier molecular flexibility index (Phi) is 8.35. The van der Waals surface area contributed by atoms with Crippen molar-refractivity contribution in [2.45, 2.75) is 65.1 Å². The Hall–Kier alpha value is -1.34. The van der Waals surface area contributed by atoms with Gasteiger partial charge in [-0.25, -0.2) is 4.79 Å². The highest BCUT2D eigenvalue weighted by Gasteiger charge is 2.34. The molecule has 0 aromatic rings. The van der Waals surface area contributed by atoms with Gasteiger partial charge in [-0.15, -0.1) is 0 Å². The first-order chi connectivity index (χ1) is 12.7. The second kappa shape index (κ2) is 10.3. The zero-order valence-electron chi connectivity index (χ0n) is 17.5. The van der Waals surface area contributed by atoms with Crippen LogP contribution in [0.4, 0.5) is 4.79 Å². The second-order valence-electron chi connectivity index (χ2n) is 8.90. The molecule has 2 heterocycles. The van der Waals surface area contributed by atoms with E-state index in [1.54, 1.807) is 4.90 Å². The molecule has 2 fully saturated rings. The third-order valence-corrected chi connectivity index (χ3v) is 5.05. The first-order valence-electron chi connectivity index (χ1n) is 10.3. The summed E-state index contributed by atoms with van der Waals surface area (Å²) >= 11 is 0. The summed E-state index contributed by atoms with van der Waals surface area (Å²) in [5, 5.41) is 2.91. The van der Waals surface area contributed by atoms with Gasteiger partial charge in [-0.1, -0.05) is 6.92 Å². The molecule has 2 saturated heterocycles. The van der Waals surface area contributed by atoms with Crippen LogP contribution < -0.4 is 5.32 Å². The van der Waals surface area contributed by atoms with Gasteiger partial charge < -0.3 is 24.6 Å². The van der Waals surface area contributed by atoms with Crippen LogP contribution in [0.15, 0.2) is 0 Å². The minimum Gasteiger partial charge on any atom is -0.444 e. The highest BCUT2D eigenvalue weighted by molar-refractivity contribution is 5.77. The fraction of sp³-hybridized carbons (Fsp3) is 0.900. The molecule has 2 aliphatic rings. The van der Waals surface area contributed by atoms with E-state index in [1.165, 1.54) is 25.9 Å². The molecule has 156 valence electrons. The summed E-state index contributed by atoms with van der Waals surface area (Å²) in [6, 6.07) is 0. The van der Waals surface area contributed by atoms with Gasteiger partial charge in [0.1, 0.15) is 12.2 Å². The van der Waals surface area contributed by atoms with E-state index in [-0.39, 0.29) is 24.7 Å². The van der Waals surface area contributed by atoms with Crippen molar-refractivity contribution >= 4 is 12.0 Å². The van der Waals surface area contributed by atoms with Crippen molar-refractivity contribution < 1.29 is 19.1 Å². The van der Waals surface area contributed by atoms with E-state index in [0.29, 0.717) is 19.6 Å². The van der Waals surface area contributed by atoms with Gasteiger partial charge in [-0.3, -0.25) is 4.79 Å². The maximum absolute atomic E-state index is 11.8. The number of unbranched alkanes of at least 4 members (excludes halogenated alkanes) is 1. The number of likely N-dealkylation sites (tertiary alicyclic amines) is 2. The minimum absolute atomic E-state index is 0.0524. The van der Waals surface area contributed by atoms with Gasteiger partial charge in [-0.05, 0) is 72.0 Å². The van der Waals surface area contributed by atoms with Crippen LogP contribution in [0.2, 0.25) is 0 Å². The number of ether oxygens (including phenoxy) is 2. The number of piperidine rings is 1. The molecule has 7 nitrogen and oxygen atoms in total. The summed E-state index contributed by atoms with van der Waals surface area (Å²) in [5.74, 6) is 0.782. The van der Waals surface area contributed by atoms with E-state index in [0.717, 1.165) is 25.3 Å². The maximum Gasteiger partial charge on any atom is 0.410 e. The molecule has 0 aromatic heterocycles. The largest absolute Gasteiger partial charge is 0.444 e. The molecule has 0 aromatic carbocycles. The Morgan fingerprint density at radius 2 is 1.78 bits per heavy atom. The first kappa shape index (κ1) is 22.0. The maximum atomic E-state index is 11.8. The Bertz CT molecular complexity index is 478. The molecule has 0 unspecified atom stereocenters. The summed E-state index contributed by atoms with van der Waals surface area (Å²) in [6.45, 7) is 13.1. The normalized spacial score (nSPS) is 19.6. The molecule has 0 radical (unpaired) electrons. The average Bonchev–Trinajstić information content (AvgIpc) is 2.53. The topological polar surface area (TPSA) is 71.1 Å². The van der Waals surface area contributed by atoms with E-state index >= 15 is 0 Å². The Labute approximate surface area is 163 Å². The predicted octanol–water partition coefficient (Wildman–Crippen LogP) is 2.25. The lowest BCUT2D eigenvalue weighted by molar-refractivity contribution is -0.131. The average molecular weight is 384 g/mol. The molecule has 2 amide bonds. The molecule has 0 bridgehead atoms. The Balaban J connectivity index is 1.44. The summed E-state index contributed by atoms with van der Waals surface area (Å²) in [4.78, 5) is 27.8. The number of carbonyl (C=O) groups excluding carboxylic acids is 2. The molecule has 0 aliphatic carbocycles. The molecule has 2 rings (SSSR count). The molecule has 1 N–H and O–H groups in total. The van der Waals surface area contributed by atoms with E-state index in [9.17, 15) is 9.59 Å². The van der Waals surface area contributed by atoms with Crippen molar-refractivity contribution in [1.29, 1.82) is 0 Å². The molecular weight excluding hydrogens is 346 g/mol. The number of nitrogens with zero attached hydrogens (tertiary/aromatic N) is 2. The molecule has 7 heteroatoms. The number of amides is 2. The number of nitrogens with one attached hydrogen (secondary N) is 1. The van der Waals surface area contributed by atoms with Gasteiger partial charge in [0, 0.05) is 6.54 Å². The van der Waals surface area contributed by atoms with E-state index in [1.807, 2.05) is 20.8 Å². The molecule has 0 saturated carbocycles. The van der Waals surface area contributed by atoms with Crippen molar-refractivity contribution in [1.82, 2.24) is 15.1 Å². The Morgan fingerprint density at radius 3 is 2.41 bits per heavy atom. The molecule has 0 atom stereocenters. The number of carbonyl (C=O) groups is 2. The first-order valence-corrected chi connectivity index (χ1v) is 10.3. The van der Waals surface area contributed by atoms with Crippen molar-refractivity contribution in [3.63, 3.8) is 0 Å². The summed E-state index contributed by atoms with van der Waals surface area (Å²) in [5.41, 5.74) is -0.491. The molecule has 27 heavy (non-hydrogen) atoms. The van der Waals surface area contributed by atoms with Crippen molar-refractivity contribution in [2.24, 2.45) is 5.92 Å². The van der Waals surface area contributed by atoms with Crippen LogP contribution in [0, 0.1) is 5.92 Å². The quantitative estimate of drug-likeness (QED) is 0.651. The highest BCUT2D eigenvalue weighted by Crippen LogP contribution is 2.17. The van der Waals surface area contributed by atoms with Crippen LogP contribution in [0.5, 0.6) is 0 Å². The van der Waals surface area contributed by atoms with Gasteiger partial charge in [0.25, 0.3) is 0 Å². The smallest absolute Gasteiger partial charge is 0.410 e. The van der Waals surface area contributed by atoms with Crippen molar-refractivity contribution in [3.05, 3.63) is 0 Å². The zero-order valence-corrected chi connectivity index (χ0v) is 17.5. The summed E-state index contributed by atoms with van der Waals surface area (Å²) in [6.07, 6.45) is 4.32. The fourth-order valence-electron chi connectivity index (χ4n) is 3.24. The lowest BCUT2D eigenvalue weighted by Crippen LogP contribution is -2.56.